The van der Waals surface area contributed by atoms with Crippen LogP contribution in [-0.2, 0) is 16.1 Å². The van der Waals surface area contributed by atoms with Crippen molar-refractivity contribution in [1.29, 1.82) is 0 Å². The quantitative estimate of drug-likeness (QED) is 0.804. The highest BCUT2D eigenvalue weighted by molar-refractivity contribution is 5.94. The Morgan fingerprint density at radius 2 is 2.56 bits per heavy atom. The first kappa shape index (κ1) is 12.9. The lowest BCUT2D eigenvalue weighted by Gasteiger charge is -2.22. The minimum absolute atomic E-state index is 0.307. The number of nitrogens with one attached hydrogen (secondary N) is 2. The molecule has 100 valence electrons. The van der Waals surface area contributed by atoms with Crippen LogP contribution in [0.5, 0.6) is 0 Å². The molecule has 2 N–H and O–H groups in total. The number of anilines is 1. The summed E-state index contributed by atoms with van der Waals surface area (Å²) >= 11 is 0. The number of morpholine rings is 1. The van der Waals surface area contributed by atoms with Gasteiger partial charge < -0.3 is 15.4 Å². The molecule has 2 rings (SSSR count). The van der Waals surface area contributed by atoms with Gasteiger partial charge >= 0.3 is 0 Å². The van der Waals surface area contributed by atoms with Crippen LogP contribution in [0, 0.1) is 0 Å². The molecule has 1 fully saturated rings. The predicted octanol–water partition coefficient (Wildman–Crippen LogP) is 0.0751. The maximum Gasteiger partial charge on any atom is 0.257 e. The summed E-state index contributed by atoms with van der Waals surface area (Å²) in [7, 11) is 0. The van der Waals surface area contributed by atoms with E-state index in [1.807, 2.05) is 0 Å². The van der Waals surface area contributed by atoms with Crippen molar-refractivity contribution in [2.45, 2.75) is 19.1 Å². The average molecular weight is 260 g/mol. The second-order valence-corrected chi connectivity index (χ2v) is 3.89. The van der Waals surface area contributed by atoms with Crippen LogP contribution in [0.4, 0.5) is 14.5 Å². The summed E-state index contributed by atoms with van der Waals surface area (Å²) in [6.07, 6.45) is -0.340. The molecule has 0 aromatic carbocycles. The van der Waals surface area contributed by atoms with Crippen molar-refractivity contribution >= 4 is 11.6 Å². The number of rotatable bonds is 4. The molecule has 0 radical (unpaired) electrons. The fraction of sp³-hybridized carbons (Fsp3) is 0.600. The SMILES string of the molecule is O=C(Nc1cnn(CC(F)F)c1)C1CNCCO1. The third kappa shape index (κ3) is 3.47. The summed E-state index contributed by atoms with van der Waals surface area (Å²) in [5.41, 5.74) is 0.384. The van der Waals surface area contributed by atoms with Gasteiger partial charge in [-0.2, -0.15) is 5.10 Å². The van der Waals surface area contributed by atoms with Crippen molar-refractivity contribution in [3.05, 3.63) is 12.4 Å². The molecule has 1 aromatic heterocycles. The molecule has 0 aliphatic carbocycles. The normalized spacial score (nSPS) is 20.1. The Morgan fingerprint density at radius 1 is 1.72 bits per heavy atom. The van der Waals surface area contributed by atoms with Crippen molar-refractivity contribution in [1.82, 2.24) is 15.1 Å². The molecule has 1 atom stereocenters. The molecule has 1 saturated heterocycles. The van der Waals surface area contributed by atoms with Crippen LogP contribution in [0.1, 0.15) is 0 Å². The number of ether oxygens (including phenoxy) is 1. The van der Waals surface area contributed by atoms with Crippen molar-refractivity contribution in [2.75, 3.05) is 25.0 Å². The lowest BCUT2D eigenvalue weighted by molar-refractivity contribution is -0.128. The van der Waals surface area contributed by atoms with E-state index in [9.17, 15) is 13.6 Å². The highest BCUT2D eigenvalue weighted by Crippen LogP contribution is 2.08. The molecule has 0 spiro atoms. The summed E-state index contributed by atoms with van der Waals surface area (Å²) in [4.78, 5) is 11.7. The zero-order chi connectivity index (χ0) is 13.0. The molecule has 1 unspecified atom stereocenters. The van der Waals surface area contributed by atoms with Gasteiger partial charge in [-0.3, -0.25) is 9.48 Å². The van der Waals surface area contributed by atoms with Crippen LogP contribution in [0.15, 0.2) is 12.4 Å². The third-order valence-electron chi connectivity index (χ3n) is 2.45. The highest BCUT2D eigenvalue weighted by Gasteiger charge is 2.22. The molecule has 0 saturated carbocycles. The van der Waals surface area contributed by atoms with Gasteiger partial charge in [0.1, 0.15) is 12.6 Å². The first-order valence-corrected chi connectivity index (χ1v) is 5.59. The number of aromatic nitrogens is 2. The monoisotopic (exact) mass is 260 g/mol. The molecule has 0 bridgehead atoms. The average Bonchev–Trinajstić information content (AvgIpc) is 2.76. The van der Waals surface area contributed by atoms with Gasteiger partial charge in [0.25, 0.3) is 12.3 Å². The fourth-order valence-electron chi connectivity index (χ4n) is 1.63. The van der Waals surface area contributed by atoms with E-state index < -0.39 is 19.1 Å². The largest absolute Gasteiger partial charge is 0.366 e. The van der Waals surface area contributed by atoms with Gasteiger partial charge in [-0.25, -0.2) is 8.78 Å². The van der Waals surface area contributed by atoms with E-state index in [0.29, 0.717) is 18.8 Å². The van der Waals surface area contributed by atoms with Crippen LogP contribution in [-0.4, -0.2) is 47.9 Å². The van der Waals surface area contributed by atoms with Crippen molar-refractivity contribution < 1.29 is 18.3 Å². The fourth-order valence-corrected chi connectivity index (χ4v) is 1.63. The van der Waals surface area contributed by atoms with E-state index in [1.165, 1.54) is 12.4 Å². The summed E-state index contributed by atoms with van der Waals surface area (Å²) < 4.78 is 30.6. The van der Waals surface area contributed by atoms with E-state index in [0.717, 1.165) is 11.2 Å². The lowest BCUT2D eigenvalue weighted by Crippen LogP contribution is -2.45. The Labute approximate surface area is 102 Å². The van der Waals surface area contributed by atoms with Gasteiger partial charge in [-0.05, 0) is 0 Å². The number of halogens is 2. The van der Waals surface area contributed by atoms with Gasteiger partial charge in [0.15, 0.2) is 0 Å². The number of carbonyl (C=O) groups is 1. The molecule has 1 aliphatic heterocycles. The van der Waals surface area contributed by atoms with E-state index in [-0.39, 0.29) is 5.91 Å². The molecule has 1 aliphatic rings. The minimum Gasteiger partial charge on any atom is -0.366 e. The Kier molecular flexibility index (Phi) is 4.21. The van der Waals surface area contributed by atoms with Crippen LogP contribution < -0.4 is 10.6 Å². The number of alkyl halides is 2. The number of hydrogen-bond donors (Lipinski definition) is 2. The zero-order valence-corrected chi connectivity index (χ0v) is 9.60. The van der Waals surface area contributed by atoms with Gasteiger partial charge in [0.05, 0.1) is 18.5 Å². The second-order valence-electron chi connectivity index (χ2n) is 3.89. The third-order valence-corrected chi connectivity index (χ3v) is 2.45. The maximum atomic E-state index is 12.1. The smallest absolute Gasteiger partial charge is 0.257 e. The van der Waals surface area contributed by atoms with Crippen LogP contribution in [0.3, 0.4) is 0 Å². The Morgan fingerprint density at radius 3 is 3.22 bits per heavy atom. The topological polar surface area (TPSA) is 68.2 Å². The van der Waals surface area contributed by atoms with E-state index >= 15 is 0 Å². The van der Waals surface area contributed by atoms with Crippen LogP contribution in [0.2, 0.25) is 0 Å². The molecule has 1 aromatic rings. The molecule has 1 amide bonds. The van der Waals surface area contributed by atoms with Gasteiger partial charge in [0, 0.05) is 19.3 Å². The molecular weight excluding hydrogens is 246 g/mol. The first-order valence-electron chi connectivity index (χ1n) is 5.59. The maximum absolute atomic E-state index is 12.1. The Hall–Kier alpha value is -1.54. The van der Waals surface area contributed by atoms with E-state index in [1.54, 1.807) is 0 Å². The summed E-state index contributed by atoms with van der Waals surface area (Å²) in [6.45, 7) is 1.15. The van der Waals surface area contributed by atoms with Crippen LogP contribution in [0.25, 0.3) is 0 Å². The molecule has 8 heteroatoms. The Bertz CT molecular complexity index is 404. The summed E-state index contributed by atoms with van der Waals surface area (Å²) in [5.74, 6) is -0.307. The Balaban J connectivity index is 1.88. The standard InChI is InChI=1S/C10H14F2N4O2/c11-9(12)6-16-5-7(3-14-16)15-10(17)8-4-13-1-2-18-8/h3,5,8-9,13H,1-2,4,6H2,(H,15,17). The number of nitrogens with zero attached hydrogens (tertiary/aromatic N) is 2. The first-order chi connectivity index (χ1) is 8.65. The van der Waals surface area contributed by atoms with Crippen molar-refractivity contribution in [2.24, 2.45) is 0 Å². The highest BCUT2D eigenvalue weighted by atomic mass is 19.3. The van der Waals surface area contributed by atoms with E-state index in [4.69, 9.17) is 4.74 Å². The molecule has 2 heterocycles. The van der Waals surface area contributed by atoms with Gasteiger partial charge in [-0.1, -0.05) is 0 Å². The van der Waals surface area contributed by atoms with Gasteiger partial charge in [-0.15, -0.1) is 0 Å². The summed E-state index contributed by atoms with van der Waals surface area (Å²) in [6, 6.07) is 0. The number of carbonyl (C=O) groups excluding carboxylic acids is 1. The van der Waals surface area contributed by atoms with Gasteiger partial charge in [0.2, 0.25) is 0 Å². The molecule has 18 heavy (non-hydrogen) atoms. The zero-order valence-electron chi connectivity index (χ0n) is 9.60. The number of amides is 1. The molecular formula is C10H14F2N4O2. The number of hydrogen-bond acceptors (Lipinski definition) is 4. The summed E-state index contributed by atoms with van der Waals surface area (Å²) in [5, 5.41) is 9.32. The van der Waals surface area contributed by atoms with E-state index in [2.05, 4.69) is 15.7 Å². The second kappa shape index (κ2) is 5.87. The molecule has 6 nitrogen and oxygen atoms in total. The predicted molar refractivity (Wildman–Crippen MR) is 59.5 cm³/mol. The minimum atomic E-state index is -2.47. The van der Waals surface area contributed by atoms with Crippen LogP contribution >= 0.6 is 0 Å². The van der Waals surface area contributed by atoms with Crippen molar-refractivity contribution in [3.63, 3.8) is 0 Å². The van der Waals surface area contributed by atoms with Crippen molar-refractivity contribution in [3.8, 4) is 0 Å². The lowest BCUT2D eigenvalue weighted by atomic mass is 10.3.